The summed E-state index contributed by atoms with van der Waals surface area (Å²) in [6.07, 6.45) is 7.25. The van der Waals surface area contributed by atoms with E-state index in [0.29, 0.717) is 7.25 Å². The van der Waals surface area contributed by atoms with Crippen LogP contribution >= 0.6 is 0 Å². The molecule has 0 spiro atoms. The zero-order chi connectivity index (χ0) is 22.2. The first-order valence-corrected chi connectivity index (χ1v) is 30.4. The summed E-state index contributed by atoms with van der Waals surface area (Å²) >= 11 is -4.47. The van der Waals surface area contributed by atoms with Crippen LogP contribution in [0.1, 0.15) is 68.3 Å². The molecule has 0 bridgehead atoms. The molecule has 0 saturated carbocycles. The summed E-state index contributed by atoms with van der Waals surface area (Å²) < 4.78 is 12.0. The fourth-order valence-electron chi connectivity index (χ4n) is 8.07. The number of aryl methyl sites for hydroxylation is 2. The second-order valence-corrected chi connectivity index (χ2v) is 74.8. The van der Waals surface area contributed by atoms with Crippen molar-refractivity contribution < 1.29 is 14.4 Å². The van der Waals surface area contributed by atoms with E-state index in [2.05, 4.69) is 102 Å². The monoisotopic (exact) mass is 494 g/mol. The molecule has 2 atom stereocenters. The third kappa shape index (κ3) is 2.93. The Bertz CT molecular complexity index is 1170. The van der Waals surface area contributed by atoms with Crippen LogP contribution in [0.3, 0.4) is 0 Å². The Morgan fingerprint density at radius 3 is 1.40 bits per heavy atom. The van der Waals surface area contributed by atoms with Gasteiger partial charge in [-0.05, 0) is 0 Å². The SMILES string of the molecule is CCc1cccc2c1C=C(C)[CH]2[Zr]([CH3])([CH3])([CH3])([CH3])(=[SiH2])[CH]1C(C)=Cc2c(CC)cccc21. The van der Waals surface area contributed by atoms with Gasteiger partial charge in [0.1, 0.15) is 0 Å². The van der Waals surface area contributed by atoms with Crippen molar-refractivity contribution in [3.8, 4) is 0 Å². The van der Waals surface area contributed by atoms with Gasteiger partial charge in [-0.25, -0.2) is 0 Å². The van der Waals surface area contributed by atoms with Crippen molar-refractivity contribution in [1.82, 2.24) is 0 Å². The van der Waals surface area contributed by atoms with Crippen LogP contribution in [-0.2, 0) is 27.3 Å². The first-order chi connectivity index (χ1) is 13.6. The van der Waals surface area contributed by atoms with E-state index in [1.807, 2.05) is 0 Å². The summed E-state index contributed by atoms with van der Waals surface area (Å²) in [5.74, 6) is 0. The van der Waals surface area contributed by atoms with E-state index >= 15 is 0 Å². The van der Waals surface area contributed by atoms with Gasteiger partial charge < -0.3 is 0 Å². The van der Waals surface area contributed by atoms with Crippen LogP contribution in [0.2, 0.25) is 18.5 Å². The minimum atomic E-state index is -4.47. The fraction of sp³-hybridized carbons (Fsp3) is 0.429. The van der Waals surface area contributed by atoms with Gasteiger partial charge in [0, 0.05) is 0 Å². The third-order valence-electron chi connectivity index (χ3n) is 8.55. The van der Waals surface area contributed by atoms with Crippen molar-refractivity contribution in [2.75, 3.05) is 0 Å². The zero-order valence-corrected chi connectivity index (χ0v) is 24.3. The van der Waals surface area contributed by atoms with E-state index in [1.165, 1.54) is 22.3 Å². The molecule has 4 rings (SSSR count). The van der Waals surface area contributed by atoms with Gasteiger partial charge in [0.05, 0.1) is 0 Å². The predicted octanol–water partition coefficient (Wildman–Crippen LogP) is 7.93. The van der Waals surface area contributed by atoms with Crippen LogP contribution in [0.4, 0.5) is 0 Å². The van der Waals surface area contributed by atoms with Crippen molar-refractivity contribution >= 4 is 19.0 Å². The molecular formula is C28H40SiZr. The molecule has 30 heavy (non-hydrogen) atoms. The summed E-state index contributed by atoms with van der Waals surface area (Å²) in [5.41, 5.74) is 12.4. The van der Waals surface area contributed by atoms with Crippen molar-refractivity contribution in [3.63, 3.8) is 0 Å². The molecular weight excluding hydrogens is 456 g/mol. The Kier molecular flexibility index (Phi) is 4.21. The maximum atomic E-state index is 2.75. The molecule has 0 nitrogen and oxygen atoms in total. The fourth-order valence-corrected chi connectivity index (χ4v) is 36.9. The molecule has 0 N–H and O–H groups in total. The van der Waals surface area contributed by atoms with Gasteiger partial charge in [0.2, 0.25) is 0 Å². The van der Waals surface area contributed by atoms with Gasteiger partial charge in [-0.1, -0.05) is 0 Å². The maximum absolute atomic E-state index is 4.47. The van der Waals surface area contributed by atoms with Crippen LogP contribution in [0.5, 0.6) is 0 Å². The Hall–Kier alpha value is -0.980. The van der Waals surface area contributed by atoms with Gasteiger partial charge in [-0.3, -0.25) is 0 Å². The van der Waals surface area contributed by atoms with Crippen LogP contribution in [0.15, 0.2) is 47.5 Å². The Balaban J connectivity index is 2.07. The van der Waals surface area contributed by atoms with Gasteiger partial charge in [-0.15, -0.1) is 0 Å². The van der Waals surface area contributed by atoms with Crippen LogP contribution in [0.25, 0.3) is 12.2 Å². The number of benzene rings is 2. The summed E-state index contributed by atoms with van der Waals surface area (Å²) in [5, 5.41) is 0. The normalized spacial score (nSPS) is 24.1. The molecule has 0 radical (unpaired) electrons. The number of hydrogen-bond donors (Lipinski definition) is 0. The number of hydrogen-bond acceptors (Lipinski definition) is 0. The van der Waals surface area contributed by atoms with Crippen molar-refractivity contribution in [2.24, 2.45) is 0 Å². The zero-order valence-electron chi connectivity index (χ0n) is 20.4. The summed E-state index contributed by atoms with van der Waals surface area (Å²) in [6, 6.07) is 14.1. The topological polar surface area (TPSA) is 0 Å². The molecule has 0 amide bonds. The molecule has 0 saturated heterocycles. The molecule has 2 aliphatic carbocycles. The standard InChI is InChI=1S/2C12H13.4CH3.H2Si.Zr/c2*1-3-10-5-4-6-11-7-9(2)8-12(10)11;;;;;;/h2*4-8H,3H2,1-2H3;4*1H3;1H2;. The van der Waals surface area contributed by atoms with Crippen molar-refractivity contribution in [2.45, 2.75) is 66.3 Å². The van der Waals surface area contributed by atoms with E-state index in [-0.39, 0.29) is 0 Å². The summed E-state index contributed by atoms with van der Waals surface area (Å²) in [6.45, 7) is 11.8. The number of allylic oxidation sites excluding steroid dienone is 2. The number of fused-ring (bicyclic) bond motifs is 2. The van der Waals surface area contributed by atoms with Crippen molar-refractivity contribution in [1.29, 1.82) is 0 Å². The number of rotatable bonds is 4. The molecule has 2 unspecified atom stereocenters. The molecule has 0 aliphatic heterocycles. The molecule has 0 heterocycles. The molecule has 0 fully saturated rings. The molecule has 2 aliphatic rings. The first kappa shape index (κ1) is 22.2. The van der Waals surface area contributed by atoms with E-state index in [9.17, 15) is 0 Å². The quantitative estimate of drug-likeness (QED) is 0.378. The average molecular weight is 496 g/mol. The Morgan fingerprint density at radius 1 is 0.700 bits per heavy atom. The minimum absolute atomic E-state index is 0.520. The summed E-state index contributed by atoms with van der Waals surface area (Å²) in [4.78, 5) is 0. The van der Waals surface area contributed by atoms with Crippen LogP contribution in [0, 0.1) is 0 Å². The van der Waals surface area contributed by atoms with Gasteiger partial charge >= 0.3 is 181 Å². The molecule has 2 aromatic rings. The van der Waals surface area contributed by atoms with E-state index in [1.54, 1.807) is 22.3 Å². The molecule has 0 aromatic heterocycles. The second kappa shape index (κ2) is 5.68. The van der Waals surface area contributed by atoms with Crippen LogP contribution < -0.4 is 0 Å². The summed E-state index contributed by atoms with van der Waals surface area (Å²) in [7, 11) is 0. The predicted molar refractivity (Wildman–Crippen MR) is 136 cm³/mol. The van der Waals surface area contributed by atoms with E-state index < -0.39 is 14.4 Å². The molecule has 2 heteroatoms. The Morgan fingerprint density at radius 2 is 1.07 bits per heavy atom. The van der Waals surface area contributed by atoms with E-state index in [4.69, 9.17) is 0 Å². The second-order valence-electron chi connectivity index (χ2n) is 14.5. The van der Waals surface area contributed by atoms with Gasteiger partial charge in [0.25, 0.3) is 0 Å². The third-order valence-corrected chi connectivity index (χ3v) is 32.1. The van der Waals surface area contributed by atoms with Crippen LogP contribution in [-0.4, -0.2) is 6.88 Å². The molecule has 160 valence electrons. The Labute approximate surface area is 179 Å². The van der Waals surface area contributed by atoms with E-state index in [0.717, 1.165) is 12.8 Å². The van der Waals surface area contributed by atoms with Crippen molar-refractivity contribution in [3.05, 3.63) is 80.9 Å². The molecule has 2 aromatic carbocycles. The van der Waals surface area contributed by atoms with Gasteiger partial charge in [-0.2, -0.15) is 0 Å². The first-order valence-electron chi connectivity index (χ1n) is 11.8. The van der Waals surface area contributed by atoms with Gasteiger partial charge in [0.15, 0.2) is 0 Å². The average Bonchev–Trinajstić information content (AvgIpc) is 3.17.